The SMILES string of the molecule is CC1CCCC(NCc2cncc(F)c2)C1C. The largest absolute Gasteiger partial charge is 0.310 e. The number of pyridine rings is 1. The van der Waals surface area contributed by atoms with E-state index in [0.29, 0.717) is 18.5 Å². The van der Waals surface area contributed by atoms with Gasteiger partial charge < -0.3 is 5.32 Å². The zero-order chi connectivity index (χ0) is 12.3. The second kappa shape index (κ2) is 5.58. The molecule has 1 saturated carbocycles. The summed E-state index contributed by atoms with van der Waals surface area (Å²) in [6.45, 7) is 5.35. The van der Waals surface area contributed by atoms with E-state index in [2.05, 4.69) is 24.1 Å². The lowest BCUT2D eigenvalue weighted by molar-refractivity contribution is 0.206. The fourth-order valence-electron chi connectivity index (χ4n) is 2.67. The van der Waals surface area contributed by atoms with Crippen LogP contribution in [0.25, 0.3) is 0 Å². The molecule has 0 spiro atoms. The van der Waals surface area contributed by atoms with Crippen LogP contribution in [0.2, 0.25) is 0 Å². The summed E-state index contributed by atoms with van der Waals surface area (Å²) in [5.74, 6) is 1.23. The molecule has 0 amide bonds. The van der Waals surface area contributed by atoms with Crippen LogP contribution in [0.5, 0.6) is 0 Å². The van der Waals surface area contributed by atoms with Crippen LogP contribution >= 0.6 is 0 Å². The number of aromatic nitrogens is 1. The van der Waals surface area contributed by atoms with E-state index >= 15 is 0 Å². The molecule has 3 unspecified atom stereocenters. The fourth-order valence-corrected chi connectivity index (χ4v) is 2.67. The molecule has 1 aliphatic rings. The first-order chi connectivity index (χ1) is 8.16. The lowest BCUT2D eigenvalue weighted by Crippen LogP contribution is -2.40. The van der Waals surface area contributed by atoms with Crippen LogP contribution in [0, 0.1) is 17.7 Å². The van der Waals surface area contributed by atoms with Crippen LogP contribution in [-0.2, 0) is 6.54 Å². The monoisotopic (exact) mass is 236 g/mol. The van der Waals surface area contributed by atoms with Crippen LogP contribution in [0.4, 0.5) is 4.39 Å². The summed E-state index contributed by atoms with van der Waals surface area (Å²) >= 11 is 0. The highest BCUT2D eigenvalue weighted by atomic mass is 19.1. The van der Waals surface area contributed by atoms with Crippen molar-refractivity contribution in [2.24, 2.45) is 11.8 Å². The number of nitrogens with zero attached hydrogens (tertiary/aromatic N) is 1. The van der Waals surface area contributed by atoms with E-state index < -0.39 is 0 Å². The van der Waals surface area contributed by atoms with Crippen molar-refractivity contribution in [3.63, 3.8) is 0 Å². The van der Waals surface area contributed by atoms with Gasteiger partial charge in [-0.05, 0) is 29.9 Å². The third kappa shape index (κ3) is 3.25. The average Bonchev–Trinajstić information content (AvgIpc) is 2.31. The molecule has 0 aliphatic heterocycles. The second-order valence-corrected chi connectivity index (χ2v) is 5.27. The Labute approximate surface area is 103 Å². The second-order valence-electron chi connectivity index (χ2n) is 5.27. The van der Waals surface area contributed by atoms with Crippen LogP contribution in [-0.4, -0.2) is 11.0 Å². The van der Waals surface area contributed by atoms with Crippen molar-refractivity contribution in [1.82, 2.24) is 10.3 Å². The van der Waals surface area contributed by atoms with Gasteiger partial charge in [0, 0.05) is 18.8 Å². The van der Waals surface area contributed by atoms with Crippen molar-refractivity contribution < 1.29 is 4.39 Å². The summed E-state index contributed by atoms with van der Waals surface area (Å²) in [6.07, 6.45) is 6.83. The Hall–Kier alpha value is -0.960. The standard InChI is InChI=1S/C14H21FN2/c1-10-4-3-5-14(11(10)2)17-8-12-6-13(15)9-16-7-12/h6-7,9-11,14,17H,3-5,8H2,1-2H3. The Morgan fingerprint density at radius 1 is 1.35 bits per heavy atom. The third-order valence-electron chi connectivity index (χ3n) is 4.04. The van der Waals surface area contributed by atoms with E-state index in [1.54, 1.807) is 12.3 Å². The number of halogens is 1. The first-order valence-corrected chi connectivity index (χ1v) is 6.49. The minimum absolute atomic E-state index is 0.255. The molecule has 17 heavy (non-hydrogen) atoms. The zero-order valence-corrected chi connectivity index (χ0v) is 10.6. The van der Waals surface area contributed by atoms with Crippen molar-refractivity contribution in [3.8, 4) is 0 Å². The van der Waals surface area contributed by atoms with E-state index in [4.69, 9.17) is 0 Å². The molecule has 1 aromatic rings. The molecule has 1 N–H and O–H groups in total. The van der Waals surface area contributed by atoms with Gasteiger partial charge in [0.25, 0.3) is 0 Å². The van der Waals surface area contributed by atoms with Crippen molar-refractivity contribution in [2.45, 2.75) is 45.7 Å². The van der Waals surface area contributed by atoms with Gasteiger partial charge in [0.05, 0.1) is 6.20 Å². The van der Waals surface area contributed by atoms with Crippen molar-refractivity contribution >= 4 is 0 Å². The predicted octanol–water partition coefficient (Wildman–Crippen LogP) is 3.14. The quantitative estimate of drug-likeness (QED) is 0.872. The van der Waals surface area contributed by atoms with Gasteiger partial charge >= 0.3 is 0 Å². The zero-order valence-electron chi connectivity index (χ0n) is 10.6. The normalized spacial score (nSPS) is 29.2. The predicted molar refractivity (Wildman–Crippen MR) is 67.0 cm³/mol. The van der Waals surface area contributed by atoms with E-state index in [9.17, 15) is 4.39 Å². The molecule has 1 fully saturated rings. The summed E-state index contributed by atoms with van der Waals surface area (Å²) in [5.41, 5.74) is 0.926. The maximum atomic E-state index is 13.0. The van der Waals surface area contributed by atoms with Gasteiger partial charge in [-0.2, -0.15) is 0 Å². The molecule has 2 nitrogen and oxygen atoms in total. The maximum absolute atomic E-state index is 13.0. The summed E-state index contributed by atoms with van der Waals surface area (Å²) in [7, 11) is 0. The highest BCUT2D eigenvalue weighted by Gasteiger charge is 2.26. The minimum atomic E-state index is -0.255. The van der Waals surface area contributed by atoms with Gasteiger partial charge in [-0.3, -0.25) is 4.98 Å². The molecule has 1 aromatic heterocycles. The number of hydrogen-bond acceptors (Lipinski definition) is 2. The summed E-state index contributed by atoms with van der Waals surface area (Å²) < 4.78 is 13.0. The highest BCUT2D eigenvalue weighted by molar-refractivity contribution is 5.10. The van der Waals surface area contributed by atoms with Crippen LogP contribution in [0.15, 0.2) is 18.5 Å². The number of hydrogen-bond donors (Lipinski definition) is 1. The molecular weight excluding hydrogens is 215 g/mol. The van der Waals surface area contributed by atoms with Crippen LogP contribution < -0.4 is 5.32 Å². The molecule has 2 rings (SSSR count). The Bertz CT molecular complexity index is 367. The smallest absolute Gasteiger partial charge is 0.141 e. The minimum Gasteiger partial charge on any atom is -0.310 e. The lowest BCUT2D eigenvalue weighted by atomic mass is 9.78. The lowest BCUT2D eigenvalue weighted by Gasteiger charge is -2.34. The summed E-state index contributed by atoms with van der Waals surface area (Å²) in [4.78, 5) is 3.87. The van der Waals surface area contributed by atoms with Gasteiger partial charge in [0.1, 0.15) is 5.82 Å². The highest BCUT2D eigenvalue weighted by Crippen LogP contribution is 2.29. The molecule has 0 saturated heterocycles. The Balaban J connectivity index is 1.89. The molecule has 0 bridgehead atoms. The molecule has 94 valence electrons. The maximum Gasteiger partial charge on any atom is 0.141 e. The number of nitrogens with one attached hydrogen (secondary N) is 1. The van der Waals surface area contributed by atoms with Crippen LogP contribution in [0.3, 0.4) is 0 Å². The van der Waals surface area contributed by atoms with Gasteiger partial charge in [-0.25, -0.2) is 4.39 Å². The molecule has 1 aliphatic carbocycles. The molecule has 0 aromatic carbocycles. The molecule has 0 radical (unpaired) electrons. The Morgan fingerprint density at radius 3 is 2.94 bits per heavy atom. The molecular formula is C14H21FN2. The third-order valence-corrected chi connectivity index (χ3v) is 4.04. The first-order valence-electron chi connectivity index (χ1n) is 6.49. The van der Waals surface area contributed by atoms with E-state index in [-0.39, 0.29) is 5.82 Å². The molecule has 1 heterocycles. The number of rotatable bonds is 3. The van der Waals surface area contributed by atoms with E-state index in [1.165, 1.54) is 25.5 Å². The Morgan fingerprint density at radius 2 is 2.18 bits per heavy atom. The first kappa shape index (κ1) is 12.5. The average molecular weight is 236 g/mol. The van der Waals surface area contributed by atoms with Gasteiger partial charge in [-0.1, -0.05) is 26.7 Å². The van der Waals surface area contributed by atoms with E-state index in [1.807, 2.05) is 0 Å². The fraction of sp³-hybridized carbons (Fsp3) is 0.643. The van der Waals surface area contributed by atoms with Crippen molar-refractivity contribution in [1.29, 1.82) is 0 Å². The van der Waals surface area contributed by atoms with E-state index in [0.717, 1.165) is 11.5 Å². The van der Waals surface area contributed by atoms with Crippen molar-refractivity contribution in [2.75, 3.05) is 0 Å². The van der Waals surface area contributed by atoms with Crippen LogP contribution in [0.1, 0.15) is 38.7 Å². The summed E-state index contributed by atoms with van der Waals surface area (Å²) in [6, 6.07) is 2.11. The topological polar surface area (TPSA) is 24.9 Å². The van der Waals surface area contributed by atoms with Gasteiger partial charge in [0.15, 0.2) is 0 Å². The van der Waals surface area contributed by atoms with Gasteiger partial charge in [-0.15, -0.1) is 0 Å². The molecule has 3 atom stereocenters. The van der Waals surface area contributed by atoms with Gasteiger partial charge in [0.2, 0.25) is 0 Å². The molecule has 3 heteroatoms. The Kier molecular flexibility index (Phi) is 4.11. The van der Waals surface area contributed by atoms with Crippen molar-refractivity contribution in [3.05, 3.63) is 29.8 Å². The summed E-state index contributed by atoms with van der Waals surface area (Å²) in [5, 5.41) is 3.54.